The highest BCUT2D eigenvalue weighted by Crippen LogP contribution is 2.31. The van der Waals surface area contributed by atoms with Gasteiger partial charge in [0, 0.05) is 18.3 Å². The van der Waals surface area contributed by atoms with Crippen molar-refractivity contribution < 1.29 is 14.7 Å². The summed E-state index contributed by atoms with van der Waals surface area (Å²) in [6, 6.07) is 1.75. The molecule has 0 aliphatic carbocycles. The number of carbonyl (C=O) groups is 2. The van der Waals surface area contributed by atoms with Crippen molar-refractivity contribution in [2.24, 2.45) is 0 Å². The summed E-state index contributed by atoms with van der Waals surface area (Å²) in [6.45, 7) is 0.408. The average molecular weight is 440 g/mol. The molecule has 0 bridgehead atoms. The van der Waals surface area contributed by atoms with E-state index in [4.69, 9.17) is 5.11 Å². The first-order valence-corrected chi connectivity index (χ1v) is 8.66. The first-order valence-electron chi connectivity index (χ1n) is 5.38. The molecule has 0 saturated carbocycles. The van der Waals surface area contributed by atoms with Gasteiger partial charge in [0.1, 0.15) is 0 Å². The monoisotopic (exact) mass is 438 g/mol. The number of aromatic carboxylic acids is 1. The molecule has 0 unspecified atom stereocenters. The smallest absolute Gasteiger partial charge is 0.355 e. The van der Waals surface area contributed by atoms with Crippen molar-refractivity contribution in [1.82, 2.24) is 10.3 Å². The summed E-state index contributed by atoms with van der Waals surface area (Å²) in [5.74, 6) is -1.21. The molecule has 0 saturated heterocycles. The molecule has 0 aromatic carbocycles. The molecular formula is C11H8Br2N2O3S2. The summed E-state index contributed by atoms with van der Waals surface area (Å²) in [6.07, 6.45) is 0.507. The van der Waals surface area contributed by atoms with E-state index >= 15 is 0 Å². The SMILES string of the molecule is O=C(O)c1csc(CCNC(=O)c2cc(Br)sc2Br)n1. The van der Waals surface area contributed by atoms with Gasteiger partial charge in [0.05, 0.1) is 18.1 Å². The number of thiophene rings is 1. The number of amides is 1. The van der Waals surface area contributed by atoms with Crippen LogP contribution in [0, 0.1) is 0 Å². The van der Waals surface area contributed by atoms with Crippen LogP contribution < -0.4 is 5.32 Å². The highest BCUT2D eigenvalue weighted by molar-refractivity contribution is 9.12. The number of halogens is 2. The summed E-state index contributed by atoms with van der Waals surface area (Å²) in [5, 5.41) is 13.7. The second-order valence-electron chi connectivity index (χ2n) is 3.68. The molecule has 2 aromatic rings. The largest absolute Gasteiger partial charge is 0.476 e. The Morgan fingerprint density at radius 1 is 1.40 bits per heavy atom. The first kappa shape index (κ1) is 15.6. The van der Waals surface area contributed by atoms with Gasteiger partial charge in [-0.05, 0) is 37.9 Å². The number of carbonyl (C=O) groups excluding carboxylic acids is 1. The summed E-state index contributed by atoms with van der Waals surface area (Å²) in [5.41, 5.74) is 0.619. The molecule has 2 rings (SSSR count). The van der Waals surface area contributed by atoms with Crippen LogP contribution in [-0.4, -0.2) is 28.5 Å². The first-order chi connectivity index (χ1) is 9.47. The van der Waals surface area contributed by atoms with Crippen LogP contribution in [0.2, 0.25) is 0 Å². The number of thiazole rings is 1. The van der Waals surface area contributed by atoms with Crippen LogP contribution in [0.3, 0.4) is 0 Å². The zero-order chi connectivity index (χ0) is 14.7. The fourth-order valence-electron chi connectivity index (χ4n) is 1.40. The van der Waals surface area contributed by atoms with Gasteiger partial charge in [0.2, 0.25) is 0 Å². The Labute approximate surface area is 139 Å². The summed E-state index contributed by atoms with van der Waals surface area (Å²) in [4.78, 5) is 26.6. The van der Waals surface area contributed by atoms with Crippen molar-refractivity contribution in [3.05, 3.63) is 35.3 Å². The van der Waals surface area contributed by atoms with Gasteiger partial charge in [-0.3, -0.25) is 4.79 Å². The normalized spacial score (nSPS) is 10.5. The Balaban J connectivity index is 1.87. The van der Waals surface area contributed by atoms with Crippen LogP contribution in [0.5, 0.6) is 0 Å². The molecule has 0 aliphatic heterocycles. The Kier molecular flexibility index (Phi) is 5.30. The van der Waals surface area contributed by atoms with E-state index in [1.165, 1.54) is 28.1 Å². The fourth-order valence-corrected chi connectivity index (χ4v) is 4.96. The quantitative estimate of drug-likeness (QED) is 0.748. The molecule has 0 fully saturated rings. The van der Waals surface area contributed by atoms with Crippen LogP contribution in [0.25, 0.3) is 0 Å². The zero-order valence-electron chi connectivity index (χ0n) is 9.85. The topological polar surface area (TPSA) is 79.3 Å². The number of hydrogen-bond donors (Lipinski definition) is 2. The lowest BCUT2D eigenvalue weighted by Gasteiger charge is -2.02. The molecule has 0 spiro atoms. The number of hydrogen-bond acceptors (Lipinski definition) is 5. The van der Waals surface area contributed by atoms with Gasteiger partial charge in [-0.1, -0.05) is 0 Å². The van der Waals surface area contributed by atoms with Crippen molar-refractivity contribution in [3.8, 4) is 0 Å². The Morgan fingerprint density at radius 3 is 2.70 bits per heavy atom. The van der Waals surface area contributed by atoms with Gasteiger partial charge in [0.25, 0.3) is 5.91 Å². The van der Waals surface area contributed by atoms with Gasteiger partial charge in [0.15, 0.2) is 5.69 Å². The standard InChI is InChI=1S/C11H8Br2N2O3S2/c12-7-3-5(9(13)20-7)10(16)14-2-1-8-15-6(4-19-8)11(17)18/h3-4H,1-2H2,(H,14,16)(H,17,18). The second-order valence-corrected chi connectivity index (χ2v) is 8.37. The third kappa shape index (κ3) is 3.87. The summed E-state index contributed by atoms with van der Waals surface area (Å²) < 4.78 is 1.64. The van der Waals surface area contributed by atoms with E-state index in [-0.39, 0.29) is 11.6 Å². The average Bonchev–Trinajstić information content (AvgIpc) is 2.96. The zero-order valence-corrected chi connectivity index (χ0v) is 14.7. The Bertz CT molecular complexity index is 654. The van der Waals surface area contributed by atoms with E-state index in [0.29, 0.717) is 23.5 Å². The van der Waals surface area contributed by atoms with Gasteiger partial charge in [-0.25, -0.2) is 9.78 Å². The van der Waals surface area contributed by atoms with E-state index in [0.717, 1.165) is 7.57 Å². The van der Waals surface area contributed by atoms with Gasteiger partial charge in [-0.2, -0.15) is 0 Å². The maximum atomic E-state index is 11.9. The lowest BCUT2D eigenvalue weighted by atomic mass is 10.3. The van der Waals surface area contributed by atoms with Gasteiger partial charge >= 0.3 is 5.97 Å². The predicted molar refractivity (Wildman–Crippen MR) is 84.8 cm³/mol. The lowest BCUT2D eigenvalue weighted by molar-refractivity contribution is 0.0690. The van der Waals surface area contributed by atoms with Crippen molar-refractivity contribution in [3.63, 3.8) is 0 Å². The molecule has 0 atom stereocenters. The van der Waals surface area contributed by atoms with Crippen LogP contribution in [-0.2, 0) is 6.42 Å². The number of aromatic nitrogens is 1. The highest BCUT2D eigenvalue weighted by atomic mass is 79.9. The summed E-state index contributed by atoms with van der Waals surface area (Å²) in [7, 11) is 0. The molecule has 106 valence electrons. The van der Waals surface area contributed by atoms with E-state index in [1.807, 2.05) is 0 Å². The Morgan fingerprint density at radius 2 is 2.15 bits per heavy atom. The number of rotatable bonds is 5. The summed E-state index contributed by atoms with van der Waals surface area (Å²) >= 11 is 9.35. The van der Waals surface area contributed by atoms with Gasteiger partial charge < -0.3 is 10.4 Å². The van der Waals surface area contributed by atoms with Crippen molar-refractivity contribution in [2.75, 3.05) is 6.54 Å². The minimum absolute atomic E-state index is 0.0424. The second kappa shape index (κ2) is 6.79. The molecule has 1 amide bonds. The van der Waals surface area contributed by atoms with Crippen LogP contribution in [0.1, 0.15) is 25.9 Å². The van der Waals surface area contributed by atoms with E-state index in [2.05, 4.69) is 42.2 Å². The number of carboxylic acids is 1. The third-order valence-corrected chi connectivity index (χ3v) is 5.54. The Hall–Kier alpha value is -0.770. The molecule has 2 N–H and O–H groups in total. The molecule has 2 heterocycles. The van der Waals surface area contributed by atoms with Crippen molar-refractivity contribution in [2.45, 2.75) is 6.42 Å². The van der Waals surface area contributed by atoms with E-state index in [1.54, 1.807) is 6.07 Å². The lowest BCUT2D eigenvalue weighted by Crippen LogP contribution is -2.25. The molecule has 0 aliphatic rings. The minimum Gasteiger partial charge on any atom is -0.476 e. The van der Waals surface area contributed by atoms with Gasteiger partial charge in [-0.15, -0.1) is 22.7 Å². The fraction of sp³-hybridized carbons (Fsp3) is 0.182. The van der Waals surface area contributed by atoms with E-state index in [9.17, 15) is 9.59 Å². The number of nitrogens with zero attached hydrogens (tertiary/aromatic N) is 1. The molecule has 0 radical (unpaired) electrons. The van der Waals surface area contributed by atoms with Crippen LogP contribution in [0.4, 0.5) is 0 Å². The van der Waals surface area contributed by atoms with Crippen LogP contribution in [0.15, 0.2) is 19.0 Å². The van der Waals surface area contributed by atoms with E-state index < -0.39 is 5.97 Å². The maximum absolute atomic E-state index is 11.9. The molecule has 20 heavy (non-hydrogen) atoms. The number of carboxylic acid groups (broad SMARTS) is 1. The molecule has 2 aromatic heterocycles. The van der Waals surface area contributed by atoms with Crippen molar-refractivity contribution >= 4 is 66.4 Å². The molecule has 5 nitrogen and oxygen atoms in total. The highest BCUT2D eigenvalue weighted by Gasteiger charge is 2.13. The third-order valence-electron chi connectivity index (χ3n) is 2.30. The van der Waals surface area contributed by atoms with Crippen molar-refractivity contribution in [1.29, 1.82) is 0 Å². The minimum atomic E-state index is -1.04. The predicted octanol–water partition coefficient (Wildman–Crippen LogP) is 3.40. The molecular weight excluding hydrogens is 432 g/mol. The number of nitrogens with one attached hydrogen (secondary N) is 1. The van der Waals surface area contributed by atoms with Crippen LogP contribution >= 0.6 is 54.5 Å². The maximum Gasteiger partial charge on any atom is 0.355 e. The molecule has 9 heteroatoms.